The zero-order valence-corrected chi connectivity index (χ0v) is 25.5. The highest BCUT2D eigenvalue weighted by molar-refractivity contribution is 6.38. The van der Waals surface area contributed by atoms with E-state index in [0.29, 0.717) is 12.2 Å². The van der Waals surface area contributed by atoms with Gasteiger partial charge in [0.05, 0.1) is 50.7 Å². The van der Waals surface area contributed by atoms with Crippen LogP contribution in [0.25, 0.3) is 0 Å². The fourth-order valence-electron chi connectivity index (χ4n) is 9.83. The molecule has 9 nitrogen and oxygen atoms in total. The number of hydrogen-bond donors (Lipinski definition) is 1. The first kappa shape index (κ1) is 29.3. The summed E-state index contributed by atoms with van der Waals surface area (Å²) in [6.07, 6.45) is 3.02. The number of ether oxygens (including phenoxy) is 4. The minimum absolute atomic E-state index is 0.0641. The van der Waals surface area contributed by atoms with Crippen molar-refractivity contribution in [2.45, 2.75) is 97.2 Å². The number of furan rings is 1. The topological polar surface area (TPSA) is 122 Å². The lowest BCUT2D eigenvalue weighted by molar-refractivity contribution is -0.248. The van der Waals surface area contributed by atoms with Crippen molar-refractivity contribution in [2.24, 2.45) is 28.1 Å². The second kappa shape index (κ2) is 9.89. The minimum Gasteiger partial charge on any atom is -0.472 e. The third kappa shape index (κ3) is 3.88. The zero-order valence-electron chi connectivity index (χ0n) is 25.5. The number of ketones is 1. The highest BCUT2D eigenvalue weighted by Gasteiger charge is 2.78. The lowest BCUT2D eigenvalue weighted by atomic mass is 9.40. The van der Waals surface area contributed by atoms with Crippen LogP contribution in [-0.2, 0) is 33.3 Å². The van der Waals surface area contributed by atoms with Crippen molar-refractivity contribution in [3.05, 3.63) is 47.0 Å². The third-order valence-electron chi connectivity index (χ3n) is 11.6. The Bertz CT molecular complexity index is 1360. The molecule has 228 valence electrons. The van der Waals surface area contributed by atoms with E-state index in [2.05, 4.69) is 13.8 Å². The first-order valence-corrected chi connectivity index (χ1v) is 14.9. The predicted molar refractivity (Wildman–Crippen MR) is 150 cm³/mol. The molecule has 0 amide bonds. The first-order valence-electron chi connectivity index (χ1n) is 14.9. The summed E-state index contributed by atoms with van der Waals surface area (Å²) in [6.45, 7) is 12.1. The van der Waals surface area contributed by atoms with Crippen molar-refractivity contribution in [3.8, 4) is 0 Å². The number of hydrogen-bond acceptors (Lipinski definition) is 9. The molecule has 0 spiro atoms. The van der Waals surface area contributed by atoms with Gasteiger partial charge >= 0.3 is 11.9 Å². The molecule has 1 aromatic rings. The van der Waals surface area contributed by atoms with Crippen LogP contribution < -0.4 is 0 Å². The second-order valence-corrected chi connectivity index (χ2v) is 14.0. The van der Waals surface area contributed by atoms with Crippen molar-refractivity contribution in [3.63, 3.8) is 0 Å². The Morgan fingerprint density at radius 1 is 1.17 bits per heavy atom. The quantitative estimate of drug-likeness (QED) is 0.227. The molecular formula is C33H42O9. The number of fused-ring (bicyclic) bond motifs is 4. The summed E-state index contributed by atoms with van der Waals surface area (Å²) in [6, 6.07) is 1.98. The van der Waals surface area contributed by atoms with Gasteiger partial charge in [-0.25, -0.2) is 4.79 Å². The number of allylic oxidation sites excluding steroid dienone is 2. The van der Waals surface area contributed by atoms with E-state index in [-0.39, 0.29) is 42.9 Å². The van der Waals surface area contributed by atoms with Gasteiger partial charge in [0.1, 0.15) is 6.10 Å². The van der Waals surface area contributed by atoms with Crippen molar-refractivity contribution in [1.29, 1.82) is 0 Å². The lowest BCUT2D eigenvalue weighted by Gasteiger charge is -2.65. The van der Waals surface area contributed by atoms with Crippen LogP contribution in [-0.4, -0.2) is 67.1 Å². The van der Waals surface area contributed by atoms with Crippen LogP contribution >= 0.6 is 0 Å². The Morgan fingerprint density at radius 2 is 1.90 bits per heavy atom. The van der Waals surface area contributed by atoms with E-state index in [1.807, 2.05) is 19.9 Å². The van der Waals surface area contributed by atoms with E-state index in [4.69, 9.17) is 23.4 Å². The molecule has 3 heterocycles. The summed E-state index contributed by atoms with van der Waals surface area (Å²) in [5, 5.41) is 11.5. The van der Waals surface area contributed by atoms with Crippen LogP contribution in [0.15, 0.2) is 45.8 Å². The molecular weight excluding hydrogens is 540 g/mol. The Hall–Kier alpha value is -2.75. The zero-order chi connectivity index (χ0) is 30.4. The maximum absolute atomic E-state index is 13.2. The first-order chi connectivity index (χ1) is 19.8. The Labute approximate surface area is 246 Å². The van der Waals surface area contributed by atoms with E-state index >= 15 is 0 Å². The van der Waals surface area contributed by atoms with Gasteiger partial charge in [0, 0.05) is 40.9 Å². The maximum Gasteiger partial charge on any atom is 0.379 e. The fourth-order valence-corrected chi connectivity index (χ4v) is 9.83. The molecule has 4 fully saturated rings. The largest absolute Gasteiger partial charge is 0.472 e. The van der Waals surface area contributed by atoms with Crippen LogP contribution in [0.4, 0.5) is 0 Å². The fraction of sp³-hybridized carbons (Fsp3) is 0.667. The average molecular weight is 583 g/mol. The van der Waals surface area contributed by atoms with Crippen LogP contribution in [0.1, 0.15) is 72.3 Å². The molecule has 42 heavy (non-hydrogen) atoms. The number of esters is 2. The standard InChI is InChI=1S/C33H42O9/c1-16(2)10-20(34)30(37)42-24-13-23(35)31(4)15-40-27-28(31)32(24,5)22(12-25(36)38-7)33(6)26-17(3)19(18-8-9-39-14-18)11-21(26)41-29(27)33/h8-10,14,19,21-24,27-29,35H,11-13,15H2,1-7H3/t19-,21?,22-,23-,24+,27-,28?,29-,31-,32+,33-/m1/s1. The lowest BCUT2D eigenvalue weighted by Crippen LogP contribution is -2.70. The van der Waals surface area contributed by atoms with E-state index < -0.39 is 52.2 Å². The van der Waals surface area contributed by atoms with Crippen LogP contribution in [0, 0.1) is 28.1 Å². The third-order valence-corrected chi connectivity index (χ3v) is 11.6. The van der Waals surface area contributed by atoms with Gasteiger partial charge < -0.3 is 28.5 Å². The summed E-state index contributed by atoms with van der Waals surface area (Å²) < 4.78 is 30.2. The summed E-state index contributed by atoms with van der Waals surface area (Å²) in [5.74, 6) is -2.66. The number of carbonyl (C=O) groups excluding carboxylic acids is 3. The summed E-state index contributed by atoms with van der Waals surface area (Å²) in [4.78, 5) is 39.1. The van der Waals surface area contributed by atoms with Crippen molar-refractivity contribution in [1.82, 2.24) is 0 Å². The van der Waals surface area contributed by atoms with Gasteiger partial charge in [-0.3, -0.25) is 9.59 Å². The summed E-state index contributed by atoms with van der Waals surface area (Å²) in [7, 11) is 1.38. The molecule has 0 aromatic carbocycles. The monoisotopic (exact) mass is 582 g/mol. The van der Waals surface area contributed by atoms with Gasteiger partial charge in [0.2, 0.25) is 0 Å². The minimum atomic E-state index is -0.963. The van der Waals surface area contributed by atoms with Crippen LogP contribution in [0.3, 0.4) is 0 Å². The molecule has 9 heteroatoms. The highest BCUT2D eigenvalue weighted by atomic mass is 16.6. The Kier molecular flexibility index (Phi) is 6.91. The number of methoxy groups -OCH3 is 1. The van der Waals surface area contributed by atoms with Crippen molar-refractivity contribution in [2.75, 3.05) is 13.7 Å². The van der Waals surface area contributed by atoms with Gasteiger partial charge in [-0.15, -0.1) is 0 Å². The molecule has 3 aliphatic carbocycles. The molecule has 2 aliphatic heterocycles. The maximum atomic E-state index is 13.2. The van der Waals surface area contributed by atoms with Gasteiger partial charge in [-0.05, 0) is 56.4 Å². The number of rotatable bonds is 6. The Balaban J connectivity index is 1.51. The van der Waals surface area contributed by atoms with Gasteiger partial charge in [0.15, 0.2) is 0 Å². The van der Waals surface area contributed by atoms with Gasteiger partial charge in [0.25, 0.3) is 5.78 Å². The number of aliphatic hydroxyl groups is 1. The number of aliphatic hydroxyl groups excluding tert-OH is 1. The van der Waals surface area contributed by atoms with E-state index in [1.165, 1.54) is 18.8 Å². The summed E-state index contributed by atoms with van der Waals surface area (Å²) >= 11 is 0. The van der Waals surface area contributed by atoms with Crippen molar-refractivity contribution >= 4 is 17.7 Å². The van der Waals surface area contributed by atoms with Crippen LogP contribution in [0.2, 0.25) is 0 Å². The molecule has 5 aliphatic rings. The molecule has 0 bridgehead atoms. The van der Waals surface area contributed by atoms with Gasteiger partial charge in [-0.1, -0.05) is 31.9 Å². The molecule has 1 aromatic heterocycles. The Morgan fingerprint density at radius 3 is 2.55 bits per heavy atom. The van der Waals surface area contributed by atoms with E-state index in [9.17, 15) is 19.5 Å². The SMILES string of the molecule is COC(=O)C[C@H]1[C@]2(C)C3=C(C)[C@H](c4ccoc4)CC3O[C@@H]2[C@@H]2OC[C@@]3(C)C2[C@]1(C)[C@@H](OC(=O)C(=O)C=C(C)C)C[C@H]3O. The molecule has 11 atom stereocenters. The van der Waals surface area contributed by atoms with E-state index in [1.54, 1.807) is 26.4 Å². The molecule has 2 saturated heterocycles. The van der Waals surface area contributed by atoms with Crippen LogP contribution in [0.5, 0.6) is 0 Å². The van der Waals surface area contributed by atoms with E-state index in [0.717, 1.165) is 17.6 Å². The van der Waals surface area contributed by atoms with Gasteiger partial charge in [-0.2, -0.15) is 0 Å². The average Bonchev–Trinajstić information content (AvgIpc) is 3.70. The molecule has 0 radical (unpaired) electrons. The number of carbonyl (C=O) groups is 3. The molecule has 1 N–H and O–H groups in total. The smallest absolute Gasteiger partial charge is 0.379 e. The molecule has 2 unspecified atom stereocenters. The normalized spacial score (nSPS) is 43.3. The highest BCUT2D eigenvalue weighted by Crippen LogP contribution is 2.73. The molecule has 2 saturated carbocycles. The summed E-state index contributed by atoms with van der Waals surface area (Å²) in [5.41, 5.74) is 1.93. The predicted octanol–water partition coefficient (Wildman–Crippen LogP) is 4.29. The molecule has 6 rings (SSSR count). The second-order valence-electron chi connectivity index (χ2n) is 14.0. The van der Waals surface area contributed by atoms with Crippen molar-refractivity contribution < 1.29 is 42.9 Å².